The third-order valence-corrected chi connectivity index (χ3v) is 4.07. The number of aliphatic hydroxyl groups excluding tert-OH is 1. The highest BCUT2D eigenvalue weighted by Crippen LogP contribution is 2.51. The third-order valence-electron chi connectivity index (χ3n) is 2.14. The van der Waals surface area contributed by atoms with E-state index in [1.54, 1.807) is 0 Å². The molecule has 15 heavy (non-hydrogen) atoms. The van der Waals surface area contributed by atoms with Gasteiger partial charge in [-0.2, -0.15) is 0 Å². The van der Waals surface area contributed by atoms with Crippen molar-refractivity contribution >= 4 is 7.60 Å². The minimum atomic E-state index is -3.38. The molecule has 0 radical (unpaired) electrons. The van der Waals surface area contributed by atoms with Gasteiger partial charge in [-0.15, -0.1) is 0 Å². The van der Waals surface area contributed by atoms with E-state index in [4.69, 9.17) is 9.05 Å². The van der Waals surface area contributed by atoms with Crippen LogP contribution in [0.25, 0.3) is 0 Å². The molecule has 0 spiro atoms. The Labute approximate surface area is 89.4 Å². The Morgan fingerprint density at radius 2 is 1.80 bits per heavy atom. The Morgan fingerprint density at radius 1 is 1.27 bits per heavy atom. The van der Waals surface area contributed by atoms with Gasteiger partial charge in [0.15, 0.2) is 5.85 Å². The topological polar surface area (TPSA) is 55.8 Å². The molecule has 0 amide bonds. The fourth-order valence-electron chi connectivity index (χ4n) is 1.25. The molecular formula is C10H15O4P. The Bertz CT molecular complexity index is 331. The van der Waals surface area contributed by atoms with Crippen LogP contribution in [0, 0.1) is 0 Å². The largest absolute Gasteiger partial charge is 0.380 e. The van der Waals surface area contributed by atoms with Gasteiger partial charge in [0.1, 0.15) is 0 Å². The average Bonchev–Trinajstić information content (AvgIpc) is 2.29. The predicted molar refractivity (Wildman–Crippen MR) is 57.8 cm³/mol. The molecule has 1 atom stereocenters. The molecule has 5 heteroatoms. The lowest BCUT2D eigenvalue weighted by atomic mass is 10.2. The maximum absolute atomic E-state index is 11.8. The molecule has 0 aliphatic rings. The highest BCUT2D eigenvalue weighted by Gasteiger charge is 2.32. The van der Waals surface area contributed by atoms with Crippen LogP contribution in [-0.2, 0) is 20.0 Å². The van der Waals surface area contributed by atoms with Gasteiger partial charge < -0.3 is 14.2 Å². The van der Waals surface area contributed by atoms with Crippen molar-refractivity contribution in [1.29, 1.82) is 0 Å². The van der Waals surface area contributed by atoms with Gasteiger partial charge in [-0.25, -0.2) is 0 Å². The van der Waals surface area contributed by atoms with E-state index in [0.717, 1.165) is 5.56 Å². The van der Waals surface area contributed by atoms with Gasteiger partial charge in [0.2, 0.25) is 0 Å². The molecule has 0 aliphatic carbocycles. The lowest BCUT2D eigenvalue weighted by molar-refractivity contribution is 0.174. The number of hydrogen-bond donors (Lipinski definition) is 1. The van der Waals surface area contributed by atoms with E-state index >= 15 is 0 Å². The van der Waals surface area contributed by atoms with E-state index < -0.39 is 13.4 Å². The van der Waals surface area contributed by atoms with Gasteiger partial charge in [0.25, 0.3) is 0 Å². The van der Waals surface area contributed by atoms with Gasteiger partial charge >= 0.3 is 7.60 Å². The first-order valence-electron chi connectivity index (χ1n) is 4.55. The summed E-state index contributed by atoms with van der Waals surface area (Å²) >= 11 is 0. The summed E-state index contributed by atoms with van der Waals surface area (Å²) < 4.78 is 21.2. The molecule has 1 rings (SSSR count). The van der Waals surface area contributed by atoms with Crippen molar-refractivity contribution < 1.29 is 18.7 Å². The predicted octanol–water partition coefficient (Wildman–Crippen LogP) is 2.03. The van der Waals surface area contributed by atoms with Crippen LogP contribution >= 0.6 is 7.60 Å². The number of benzene rings is 1. The van der Waals surface area contributed by atoms with Crippen molar-refractivity contribution in [3.63, 3.8) is 0 Å². The van der Waals surface area contributed by atoms with E-state index in [1.807, 2.05) is 30.3 Å². The summed E-state index contributed by atoms with van der Waals surface area (Å²) in [5.74, 6) is -1.13. The zero-order chi connectivity index (χ0) is 11.3. The molecule has 4 nitrogen and oxygen atoms in total. The van der Waals surface area contributed by atoms with Crippen LogP contribution in [0.1, 0.15) is 5.56 Å². The van der Waals surface area contributed by atoms with Crippen LogP contribution in [0.15, 0.2) is 30.3 Å². The summed E-state index contributed by atoms with van der Waals surface area (Å²) in [5.41, 5.74) is 0.888. The third kappa shape index (κ3) is 3.14. The summed E-state index contributed by atoms with van der Waals surface area (Å²) in [6.07, 6.45) is 0.250. The molecule has 0 aliphatic heterocycles. The van der Waals surface area contributed by atoms with Crippen molar-refractivity contribution in [1.82, 2.24) is 0 Å². The monoisotopic (exact) mass is 230 g/mol. The van der Waals surface area contributed by atoms with E-state index in [1.165, 1.54) is 14.2 Å². The summed E-state index contributed by atoms with van der Waals surface area (Å²) in [7, 11) is -0.857. The zero-order valence-corrected chi connectivity index (χ0v) is 9.68. The Morgan fingerprint density at radius 3 is 2.27 bits per heavy atom. The SMILES string of the molecule is COP(=O)(OC)[C@@H](O)Cc1ccccc1. The number of hydrogen-bond acceptors (Lipinski definition) is 4. The Hall–Kier alpha value is -0.670. The molecule has 1 N–H and O–H groups in total. The first-order valence-corrected chi connectivity index (χ1v) is 6.16. The molecule has 0 heterocycles. The van der Waals surface area contributed by atoms with Crippen molar-refractivity contribution in [2.24, 2.45) is 0 Å². The van der Waals surface area contributed by atoms with E-state index in [-0.39, 0.29) is 6.42 Å². The van der Waals surface area contributed by atoms with E-state index in [9.17, 15) is 9.67 Å². The van der Waals surface area contributed by atoms with Crippen molar-refractivity contribution in [3.05, 3.63) is 35.9 Å². The number of aliphatic hydroxyl groups is 1. The zero-order valence-electron chi connectivity index (χ0n) is 8.79. The van der Waals surface area contributed by atoms with Gasteiger partial charge in [-0.1, -0.05) is 30.3 Å². The normalized spacial score (nSPS) is 13.8. The van der Waals surface area contributed by atoms with E-state index in [2.05, 4.69) is 0 Å². The van der Waals surface area contributed by atoms with Gasteiger partial charge in [-0.3, -0.25) is 4.57 Å². The van der Waals surface area contributed by atoms with Crippen LogP contribution in [0.2, 0.25) is 0 Å². The second kappa shape index (κ2) is 5.42. The van der Waals surface area contributed by atoms with Crippen molar-refractivity contribution in [3.8, 4) is 0 Å². The van der Waals surface area contributed by atoms with E-state index in [0.29, 0.717) is 0 Å². The summed E-state index contributed by atoms with van der Waals surface area (Å²) in [6.45, 7) is 0. The molecule has 84 valence electrons. The Kier molecular flexibility index (Phi) is 4.48. The molecule has 1 aromatic carbocycles. The highest BCUT2D eigenvalue weighted by molar-refractivity contribution is 7.54. The van der Waals surface area contributed by atoms with Crippen LogP contribution in [0.4, 0.5) is 0 Å². The van der Waals surface area contributed by atoms with Crippen LogP contribution in [0.3, 0.4) is 0 Å². The maximum atomic E-state index is 11.8. The average molecular weight is 230 g/mol. The van der Waals surface area contributed by atoms with Gasteiger partial charge in [0.05, 0.1) is 0 Å². The van der Waals surface area contributed by atoms with Crippen molar-refractivity contribution in [2.75, 3.05) is 14.2 Å². The highest BCUT2D eigenvalue weighted by atomic mass is 31.2. The second-order valence-electron chi connectivity index (χ2n) is 3.08. The fraction of sp³-hybridized carbons (Fsp3) is 0.400. The quantitative estimate of drug-likeness (QED) is 0.786. The molecular weight excluding hydrogens is 215 g/mol. The van der Waals surface area contributed by atoms with Crippen molar-refractivity contribution in [2.45, 2.75) is 12.3 Å². The smallest absolute Gasteiger partial charge is 0.358 e. The molecule has 0 saturated carbocycles. The van der Waals surface area contributed by atoms with Crippen LogP contribution in [-0.4, -0.2) is 25.2 Å². The molecule has 0 bridgehead atoms. The fourth-order valence-corrected chi connectivity index (χ4v) is 2.32. The first kappa shape index (κ1) is 12.4. The standard InChI is InChI=1S/C10H15O4P/c1-13-15(12,14-2)10(11)8-9-6-4-3-5-7-9/h3-7,10-11H,8H2,1-2H3/t10-/m1/s1. The van der Waals surface area contributed by atoms with Gasteiger partial charge in [-0.05, 0) is 5.56 Å². The van der Waals surface area contributed by atoms with Crippen LogP contribution in [0.5, 0.6) is 0 Å². The summed E-state index contributed by atoms with van der Waals surface area (Å²) in [4.78, 5) is 0. The molecule has 0 fully saturated rings. The molecule has 0 unspecified atom stereocenters. The summed E-state index contributed by atoms with van der Waals surface area (Å²) in [5, 5.41) is 9.71. The Balaban J connectivity index is 2.71. The van der Waals surface area contributed by atoms with Gasteiger partial charge in [0, 0.05) is 20.6 Å². The lowest BCUT2D eigenvalue weighted by Crippen LogP contribution is -2.13. The molecule has 0 saturated heterocycles. The maximum Gasteiger partial charge on any atom is 0.358 e. The second-order valence-corrected chi connectivity index (χ2v) is 5.48. The lowest BCUT2D eigenvalue weighted by Gasteiger charge is -2.19. The minimum Gasteiger partial charge on any atom is -0.380 e. The molecule has 1 aromatic rings. The van der Waals surface area contributed by atoms with Crippen LogP contribution < -0.4 is 0 Å². The minimum absolute atomic E-state index is 0.250. The first-order chi connectivity index (χ1) is 7.12. The summed E-state index contributed by atoms with van der Waals surface area (Å²) in [6, 6.07) is 9.28. The number of rotatable bonds is 5. The molecule has 0 aromatic heterocycles.